The van der Waals surface area contributed by atoms with Crippen molar-refractivity contribution in [2.24, 2.45) is 12.8 Å². The molecule has 1 aliphatic rings. The molecule has 1 saturated heterocycles. The molecule has 1 aliphatic heterocycles. The van der Waals surface area contributed by atoms with Crippen LogP contribution in [0.25, 0.3) is 0 Å². The molecule has 0 aliphatic carbocycles. The van der Waals surface area contributed by atoms with E-state index in [1.807, 2.05) is 0 Å². The van der Waals surface area contributed by atoms with E-state index in [2.05, 4.69) is 46.8 Å². The van der Waals surface area contributed by atoms with Crippen LogP contribution in [0.4, 0.5) is 0 Å². The summed E-state index contributed by atoms with van der Waals surface area (Å²) in [4.78, 5) is 5.17. The summed E-state index contributed by atoms with van der Waals surface area (Å²) in [6.07, 6.45) is 6.76. The van der Waals surface area contributed by atoms with E-state index in [0.29, 0.717) is 6.04 Å². The van der Waals surface area contributed by atoms with E-state index in [1.54, 1.807) is 0 Å². The third-order valence-corrected chi connectivity index (χ3v) is 4.19. The van der Waals surface area contributed by atoms with Gasteiger partial charge in [-0.3, -0.25) is 4.90 Å². The fourth-order valence-corrected chi connectivity index (χ4v) is 2.90. The Kier molecular flexibility index (Phi) is 5.43. The molecule has 19 heavy (non-hydrogen) atoms. The van der Waals surface area contributed by atoms with Crippen molar-refractivity contribution >= 4 is 0 Å². The zero-order valence-corrected chi connectivity index (χ0v) is 12.4. The van der Waals surface area contributed by atoms with Gasteiger partial charge in [-0.25, -0.2) is 0 Å². The van der Waals surface area contributed by atoms with Crippen LogP contribution in [0.2, 0.25) is 0 Å². The quantitative estimate of drug-likeness (QED) is 0.874. The van der Waals surface area contributed by atoms with Crippen LogP contribution >= 0.6 is 0 Å². The summed E-state index contributed by atoms with van der Waals surface area (Å²) in [7, 11) is 2.09. The van der Waals surface area contributed by atoms with E-state index in [4.69, 9.17) is 5.73 Å². The second-order valence-electron chi connectivity index (χ2n) is 5.66. The van der Waals surface area contributed by atoms with Gasteiger partial charge in [0.1, 0.15) is 0 Å². The minimum Gasteiger partial charge on any atom is -0.357 e. The van der Waals surface area contributed by atoms with Gasteiger partial charge in [0.15, 0.2) is 0 Å². The van der Waals surface area contributed by atoms with E-state index >= 15 is 0 Å². The summed E-state index contributed by atoms with van der Waals surface area (Å²) in [5.74, 6) is 0. The SMILES string of the molecule is CC(c1ccn(C)c1)N1CCCN(CCCN)CC1. The minimum atomic E-state index is 0.524. The first kappa shape index (κ1) is 14.6. The van der Waals surface area contributed by atoms with Gasteiger partial charge in [-0.1, -0.05) is 0 Å². The highest BCUT2D eigenvalue weighted by Gasteiger charge is 2.20. The largest absolute Gasteiger partial charge is 0.357 e. The van der Waals surface area contributed by atoms with Gasteiger partial charge in [0, 0.05) is 45.1 Å². The van der Waals surface area contributed by atoms with Gasteiger partial charge in [-0.2, -0.15) is 0 Å². The molecule has 1 fully saturated rings. The van der Waals surface area contributed by atoms with E-state index in [-0.39, 0.29) is 0 Å². The maximum Gasteiger partial charge on any atom is 0.0335 e. The van der Waals surface area contributed by atoms with E-state index in [1.165, 1.54) is 38.2 Å². The Labute approximate surface area is 117 Å². The first-order valence-corrected chi connectivity index (χ1v) is 7.49. The fourth-order valence-electron chi connectivity index (χ4n) is 2.90. The Morgan fingerprint density at radius 2 is 2.11 bits per heavy atom. The summed E-state index contributed by atoms with van der Waals surface area (Å²) in [6, 6.07) is 2.76. The molecule has 1 unspecified atom stereocenters. The van der Waals surface area contributed by atoms with E-state index in [0.717, 1.165) is 19.5 Å². The molecule has 0 saturated carbocycles. The topological polar surface area (TPSA) is 37.4 Å². The number of nitrogens with two attached hydrogens (primary N) is 1. The predicted octanol–water partition coefficient (Wildman–Crippen LogP) is 1.44. The second kappa shape index (κ2) is 7.08. The first-order chi connectivity index (χ1) is 9.20. The van der Waals surface area contributed by atoms with Crippen LogP contribution in [0.15, 0.2) is 18.5 Å². The number of nitrogens with zero attached hydrogens (tertiary/aromatic N) is 3. The van der Waals surface area contributed by atoms with Crippen molar-refractivity contribution in [3.8, 4) is 0 Å². The van der Waals surface area contributed by atoms with Gasteiger partial charge in [0.2, 0.25) is 0 Å². The molecule has 2 N–H and O–H groups in total. The highest BCUT2D eigenvalue weighted by Crippen LogP contribution is 2.21. The lowest BCUT2D eigenvalue weighted by Gasteiger charge is -2.27. The standard InChI is InChI=1S/C15H28N4/c1-14(15-5-10-17(2)13-15)19-9-4-8-18(11-12-19)7-3-6-16/h5,10,13-14H,3-4,6-9,11-12,16H2,1-2H3. The van der Waals surface area contributed by atoms with E-state index < -0.39 is 0 Å². The summed E-state index contributed by atoms with van der Waals surface area (Å²) >= 11 is 0. The normalized spacial score (nSPS) is 20.4. The molecular formula is C15H28N4. The summed E-state index contributed by atoms with van der Waals surface area (Å²) in [5, 5.41) is 0. The Balaban J connectivity index is 1.88. The molecule has 0 radical (unpaired) electrons. The van der Waals surface area contributed by atoms with Crippen molar-refractivity contribution in [2.45, 2.75) is 25.8 Å². The van der Waals surface area contributed by atoms with Gasteiger partial charge in [0.05, 0.1) is 0 Å². The smallest absolute Gasteiger partial charge is 0.0335 e. The number of hydrogen-bond acceptors (Lipinski definition) is 3. The summed E-state index contributed by atoms with van der Waals surface area (Å²) < 4.78 is 2.14. The van der Waals surface area contributed by atoms with Crippen LogP contribution in [0.3, 0.4) is 0 Å². The molecule has 108 valence electrons. The molecule has 0 amide bonds. The molecule has 1 atom stereocenters. The van der Waals surface area contributed by atoms with Crippen LogP contribution in [0.1, 0.15) is 31.4 Å². The first-order valence-electron chi connectivity index (χ1n) is 7.49. The molecular weight excluding hydrogens is 236 g/mol. The fraction of sp³-hybridized carbons (Fsp3) is 0.733. The molecule has 1 aromatic heterocycles. The molecule has 4 nitrogen and oxygen atoms in total. The van der Waals surface area contributed by atoms with Crippen molar-refractivity contribution in [3.63, 3.8) is 0 Å². The van der Waals surface area contributed by atoms with Crippen molar-refractivity contribution in [1.29, 1.82) is 0 Å². The molecule has 1 aromatic rings. The Morgan fingerprint density at radius 1 is 1.26 bits per heavy atom. The molecule has 0 bridgehead atoms. The maximum atomic E-state index is 5.60. The zero-order valence-electron chi connectivity index (χ0n) is 12.4. The predicted molar refractivity (Wildman–Crippen MR) is 80.1 cm³/mol. The van der Waals surface area contributed by atoms with Crippen molar-refractivity contribution in [2.75, 3.05) is 39.3 Å². The third kappa shape index (κ3) is 4.06. The van der Waals surface area contributed by atoms with Crippen LogP contribution < -0.4 is 5.73 Å². The number of aromatic nitrogens is 1. The van der Waals surface area contributed by atoms with Crippen LogP contribution in [0, 0.1) is 0 Å². The lowest BCUT2D eigenvalue weighted by molar-refractivity contribution is 0.210. The lowest BCUT2D eigenvalue weighted by Crippen LogP contribution is -2.33. The maximum absolute atomic E-state index is 5.60. The van der Waals surface area contributed by atoms with Crippen molar-refractivity contribution < 1.29 is 0 Å². The summed E-state index contributed by atoms with van der Waals surface area (Å²) in [6.45, 7) is 9.06. The van der Waals surface area contributed by atoms with Gasteiger partial charge < -0.3 is 15.2 Å². The Bertz CT molecular complexity index is 374. The molecule has 0 aromatic carbocycles. The van der Waals surface area contributed by atoms with Gasteiger partial charge >= 0.3 is 0 Å². The lowest BCUT2D eigenvalue weighted by atomic mass is 10.1. The molecule has 0 spiro atoms. The van der Waals surface area contributed by atoms with Crippen molar-refractivity contribution in [1.82, 2.24) is 14.4 Å². The third-order valence-electron chi connectivity index (χ3n) is 4.19. The Morgan fingerprint density at radius 3 is 2.79 bits per heavy atom. The van der Waals surface area contributed by atoms with Gasteiger partial charge in [-0.15, -0.1) is 0 Å². The molecule has 4 heteroatoms. The van der Waals surface area contributed by atoms with Gasteiger partial charge in [0.25, 0.3) is 0 Å². The highest BCUT2D eigenvalue weighted by atomic mass is 15.2. The second-order valence-corrected chi connectivity index (χ2v) is 5.66. The van der Waals surface area contributed by atoms with Gasteiger partial charge in [-0.05, 0) is 51.0 Å². The number of hydrogen-bond donors (Lipinski definition) is 1. The minimum absolute atomic E-state index is 0.524. The monoisotopic (exact) mass is 264 g/mol. The average Bonchev–Trinajstić information content (AvgIpc) is 2.71. The molecule has 2 rings (SSSR count). The summed E-state index contributed by atoms with van der Waals surface area (Å²) in [5.41, 5.74) is 7.03. The van der Waals surface area contributed by atoms with Crippen LogP contribution in [-0.2, 0) is 7.05 Å². The highest BCUT2D eigenvalue weighted by molar-refractivity contribution is 5.14. The van der Waals surface area contributed by atoms with E-state index in [9.17, 15) is 0 Å². The average molecular weight is 264 g/mol. The van der Waals surface area contributed by atoms with Crippen LogP contribution in [-0.4, -0.2) is 53.6 Å². The van der Waals surface area contributed by atoms with Crippen molar-refractivity contribution in [3.05, 3.63) is 24.0 Å². The zero-order chi connectivity index (χ0) is 13.7. The molecule has 2 heterocycles. The number of aryl methyl sites for hydroxylation is 1. The van der Waals surface area contributed by atoms with Crippen LogP contribution in [0.5, 0.6) is 0 Å². The Hall–Kier alpha value is -0.840. The number of rotatable bonds is 5.